The van der Waals surface area contributed by atoms with Gasteiger partial charge in [0.1, 0.15) is 5.75 Å². The van der Waals surface area contributed by atoms with E-state index in [1.165, 1.54) is 5.56 Å². The van der Waals surface area contributed by atoms with E-state index < -0.39 is 0 Å². The number of nitrogens with one attached hydrogen (secondary N) is 1. The van der Waals surface area contributed by atoms with Crippen LogP contribution in [-0.4, -0.2) is 26.4 Å². The first-order chi connectivity index (χ1) is 9.17. The van der Waals surface area contributed by atoms with Crippen LogP contribution >= 0.6 is 15.9 Å². The number of benzene rings is 1. The van der Waals surface area contributed by atoms with Crippen LogP contribution in [0, 0.1) is 5.92 Å². The average Bonchev–Trinajstić information content (AvgIpc) is 2.82. The third kappa shape index (κ3) is 3.30. The van der Waals surface area contributed by atoms with Crippen molar-refractivity contribution in [1.82, 2.24) is 5.32 Å². The summed E-state index contributed by atoms with van der Waals surface area (Å²) in [6.45, 7) is 6.08. The number of halogens is 1. The van der Waals surface area contributed by atoms with E-state index in [-0.39, 0.29) is 12.1 Å². The lowest BCUT2D eigenvalue weighted by Crippen LogP contribution is -2.32. The molecule has 3 unspecified atom stereocenters. The summed E-state index contributed by atoms with van der Waals surface area (Å²) in [5.74, 6) is 1.43. The lowest BCUT2D eigenvalue weighted by atomic mass is 9.87. The molecule has 0 spiro atoms. The zero-order valence-electron chi connectivity index (χ0n) is 11.8. The van der Waals surface area contributed by atoms with Crippen LogP contribution in [-0.2, 0) is 4.74 Å². The van der Waals surface area contributed by atoms with Crippen LogP contribution in [0.3, 0.4) is 0 Å². The molecule has 1 N–H and O–H groups in total. The first kappa shape index (κ1) is 14.8. The van der Waals surface area contributed by atoms with Gasteiger partial charge >= 0.3 is 0 Å². The minimum absolute atomic E-state index is 0.273. The molecular weight excluding hydrogens is 306 g/mol. The first-order valence-corrected chi connectivity index (χ1v) is 7.65. The van der Waals surface area contributed by atoms with Crippen molar-refractivity contribution in [3.63, 3.8) is 0 Å². The second kappa shape index (κ2) is 6.73. The molecule has 3 atom stereocenters. The minimum Gasteiger partial charge on any atom is -0.496 e. The molecule has 1 saturated heterocycles. The van der Waals surface area contributed by atoms with Crippen molar-refractivity contribution >= 4 is 15.9 Å². The monoisotopic (exact) mass is 327 g/mol. The standard InChI is InChI=1S/C15H22BrNO2/c1-4-17-15(12-7-8-19-10(12)2)13-9-11(16)5-6-14(13)18-3/h5-6,9-10,12,15,17H,4,7-8H2,1-3H3. The highest BCUT2D eigenvalue weighted by Gasteiger charge is 2.33. The Hall–Kier alpha value is -0.580. The van der Waals surface area contributed by atoms with Gasteiger partial charge in [-0.25, -0.2) is 0 Å². The summed E-state index contributed by atoms with van der Waals surface area (Å²) in [6, 6.07) is 6.45. The summed E-state index contributed by atoms with van der Waals surface area (Å²) in [4.78, 5) is 0. The van der Waals surface area contributed by atoms with Crippen LogP contribution < -0.4 is 10.1 Å². The molecule has 19 heavy (non-hydrogen) atoms. The van der Waals surface area contributed by atoms with Gasteiger partial charge in [-0.2, -0.15) is 0 Å². The summed E-state index contributed by atoms with van der Waals surface area (Å²) in [5, 5.41) is 3.59. The summed E-state index contributed by atoms with van der Waals surface area (Å²) in [5.41, 5.74) is 1.21. The van der Waals surface area contributed by atoms with Crippen molar-refractivity contribution in [2.45, 2.75) is 32.4 Å². The predicted octanol–water partition coefficient (Wildman–Crippen LogP) is 3.53. The van der Waals surface area contributed by atoms with E-state index in [1.54, 1.807) is 7.11 Å². The molecule has 4 heteroatoms. The molecule has 1 aromatic carbocycles. The smallest absolute Gasteiger partial charge is 0.123 e. The van der Waals surface area contributed by atoms with E-state index in [4.69, 9.17) is 9.47 Å². The van der Waals surface area contributed by atoms with Gasteiger partial charge < -0.3 is 14.8 Å². The van der Waals surface area contributed by atoms with Gasteiger partial charge in [0, 0.05) is 28.6 Å². The second-order valence-electron chi connectivity index (χ2n) is 4.95. The summed E-state index contributed by atoms with van der Waals surface area (Å²) < 4.78 is 12.3. The zero-order valence-corrected chi connectivity index (χ0v) is 13.4. The van der Waals surface area contributed by atoms with Gasteiger partial charge in [0.15, 0.2) is 0 Å². The zero-order chi connectivity index (χ0) is 13.8. The fourth-order valence-electron chi connectivity index (χ4n) is 2.85. The fraction of sp³-hybridized carbons (Fsp3) is 0.600. The Morgan fingerprint density at radius 2 is 2.32 bits per heavy atom. The molecule has 1 aliphatic heterocycles. The molecule has 106 valence electrons. The van der Waals surface area contributed by atoms with Gasteiger partial charge in [-0.3, -0.25) is 0 Å². The Morgan fingerprint density at radius 1 is 1.53 bits per heavy atom. The van der Waals surface area contributed by atoms with Gasteiger partial charge in [-0.15, -0.1) is 0 Å². The van der Waals surface area contributed by atoms with E-state index >= 15 is 0 Å². The molecule has 0 aromatic heterocycles. The van der Waals surface area contributed by atoms with E-state index in [0.29, 0.717) is 5.92 Å². The van der Waals surface area contributed by atoms with Crippen molar-refractivity contribution in [3.8, 4) is 5.75 Å². The quantitative estimate of drug-likeness (QED) is 0.897. The number of methoxy groups -OCH3 is 1. The first-order valence-electron chi connectivity index (χ1n) is 6.85. The number of hydrogen-bond acceptors (Lipinski definition) is 3. The van der Waals surface area contributed by atoms with Crippen molar-refractivity contribution in [2.24, 2.45) is 5.92 Å². The van der Waals surface area contributed by atoms with Crippen LogP contribution in [0.25, 0.3) is 0 Å². The maximum absolute atomic E-state index is 5.73. The largest absolute Gasteiger partial charge is 0.496 e. The molecule has 2 rings (SSSR count). The van der Waals surface area contributed by atoms with Gasteiger partial charge in [0.05, 0.1) is 13.2 Å². The van der Waals surface area contributed by atoms with Crippen LogP contribution in [0.1, 0.15) is 31.9 Å². The maximum Gasteiger partial charge on any atom is 0.123 e. The summed E-state index contributed by atoms with van der Waals surface area (Å²) >= 11 is 3.55. The predicted molar refractivity (Wildman–Crippen MR) is 80.6 cm³/mol. The Bertz CT molecular complexity index is 425. The number of hydrogen-bond donors (Lipinski definition) is 1. The van der Waals surface area contributed by atoms with E-state index in [1.807, 2.05) is 12.1 Å². The molecule has 0 radical (unpaired) electrons. The van der Waals surface area contributed by atoms with Gasteiger partial charge in [0.2, 0.25) is 0 Å². The molecule has 0 bridgehead atoms. The molecule has 1 aromatic rings. The fourth-order valence-corrected chi connectivity index (χ4v) is 3.22. The number of ether oxygens (including phenoxy) is 2. The minimum atomic E-state index is 0.273. The summed E-state index contributed by atoms with van der Waals surface area (Å²) in [6.07, 6.45) is 1.38. The Kier molecular flexibility index (Phi) is 5.25. The Morgan fingerprint density at radius 3 is 2.89 bits per heavy atom. The normalized spacial score (nSPS) is 24.4. The van der Waals surface area contributed by atoms with E-state index in [0.717, 1.165) is 29.8 Å². The molecule has 0 saturated carbocycles. The topological polar surface area (TPSA) is 30.5 Å². The molecular formula is C15H22BrNO2. The third-order valence-electron chi connectivity index (χ3n) is 3.81. The van der Waals surface area contributed by atoms with E-state index in [9.17, 15) is 0 Å². The van der Waals surface area contributed by atoms with Gasteiger partial charge in [-0.1, -0.05) is 22.9 Å². The maximum atomic E-state index is 5.73. The average molecular weight is 328 g/mol. The van der Waals surface area contributed by atoms with Gasteiger partial charge in [-0.05, 0) is 38.1 Å². The highest BCUT2D eigenvalue weighted by atomic mass is 79.9. The van der Waals surface area contributed by atoms with Crippen LogP contribution in [0.2, 0.25) is 0 Å². The third-order valence-corrected chi connectivity index (χ3v) is 4.31. The molecule has 1 aliphatic rings. The lowest BCUT2D eigenvalue weighted by molar-refractivity contribution is 0.0952. The van der Waals surface area contributed by atoms with Crippen LogP contribution in [0.15, 0.2) is 22.7 Å². The van der Waals surface area contributed by atoms with Crippen LogP contribution in [0.4, 0.5) is 0 Å². The molecule has 0 aliphatic carbocycles. The molecule has 3 nitrogen and oxygen atoms in total. The van der Waals surface area contributed by atoms with Crippen molar-refractivity contribution in [3.05, 3.63) is 28.2 Å². The molecule has 1 heterocycles. The van der Waals surface area contributed by atoms with Gasteiger partial charge in [0.25, 0.3) is 0 Å². The molecule has 1 fully saturated rings. The van der Waals surface area contributed by atoms with Crippen molar-refractivity contribution < 1.29 is 9.47 Å². The van der Waals surface area contributed by atoms with Crippen LogP contribution in [0.5, 0.6) is 5.75 Å². The Balaban J connectivity index is 2.35. The van der Waals surface area contributed by atoms with Crippen molar-refractivity contribution in [2.75, 3.05) is 20.3 Å². The second-order valence-corrected chi connectivity index (χ2v) is 5.87. The van der Waals surface area contributed by atoms with Crippen molar-refractivity contribution in [1.29, 1.82) is 0 Å². The SMILES string of the molecule is CCNC(c1cc(Br)ccc1OC)C1CCOC1C. The number of rotatable bonds is 5. The molecule has 0 amide bonds. The summed E-state index contributed by atoms with van der Waals surface area (Å²) in [7, 11) is 1.73. The Labute approximate surface area is 123 Å². The highest BCUT2D eigenvalue weighted by Crippen LogP contribution is 2.38. The lowest BCUT2D eigenvalue weighted by Gasteiger charge is -2.28. The highest BCUT2D eigenvalue weighted by molar-refractivity contribution is 9.10. The van der Waals surface area contributed by atoms with E-state index in [2.05, 4.69) is 41.2 Å².